The molecule has 0 spiro atoms. The summed E-state index contributed by atoms with van der Waals surface area (Å²) in [5, 5.41) is 5.05. The van der Waals surface area contributed by atoms with Gasteiger partial charge in [0.2, 0.25) is 0 Å². The number of hydrogen-bond donors (Lipinski definition) is 0. The van der Waals surface area contributed by atoms with Crippen LogP contribution in [0.4, 0.5) is 0 Å². The molecule has 0 bridgehead atoms. The fourth-order valence-electron chi connectivity index (χ4n) is 1.95. The smallest absolute Gasteiger partial charge is 0.147 e. The summed E-state index contributed by atoms with van der Waals surface area (Å²) in [7, 11) is 0. The molecule has 3 heteroatoms. The Morgan fingerprint density at radius 3 is 2.65 bits per heavy atom. The molecule has 0 N–H and O–H groups in total. The summed E-state index contributed by atoms with van der Waals surface area (Å²) in [5.41, 5.74) is 1.69. The van der Waals surface area contributed by atoms with Crippen LogP contribution < -0.4 is 4.74 Å². The van der Waals surface area contributed by atoms with Crippen molar-refractivity contribution >= 4 is 10.9 Å². The van der Waals surface area contributed by atoms with Crippen molar-refractivity contribution in [2.45, 2.75) is 39.7 Å². The average Bonchev–Trinajstić information content (AvgIpc) is 2.72. The number of nitrogens with zero attached hydrogens (tertiary/aromatic N) is 2. The predicted molar refractivity (Wildman–Crippen MR) is 70.6 cm³/mol. The minimum absolute atomic E-state index is 0.0148. The molecule has 0 saturated carbocycles. The molecule has 0 fully saturated rings. The average molecular weight is 235 g/mol. The van der Waals surface area contributed by atoms with E-state index >= 15 is 0 Å². The number of benzene rings is 1. The summed E-state index contributed by atoms with van der Waals surface area (Å²) >= 11 is 0. The molecule has 2 aromatic rings. The van der Waals surface area contributed by atoms with Crippen LogP contribution in [-0.4, -0.2) is 15.9 Å². The number of aryl methyl sites for hydroxylation is 1. The largest absolute Gasteiger partial charge is 0.489 e. The van der Waals surface area contributed by atoms with E-state index in [1.54, 1.807) is 6.20 Å². The monoisotopic (exact) mass is 235 g/mol. The minimum atomic E-state index is -2.28. The van der Waals surface area contributed by atoms with E-state index in [1.807, 2.05) is 26.0 Å². The Morgan fingerprint density at radius 2 is 2.06 bits per heavy atom. The van der Waals surface area contributed by atoms with E-state index in [9.17, 15) is 0 Å². The maximum Gasteiger partial charge on any atom is 0.147 e. The van der Waals surface area contributed by atoms with E-state index in [1.165, 1.54) is 0 Å². The van der Waals surface area contributed by atoms with Gasteiger partial charge in [-0.3, -0.25) is 4.68 Å². The molecule has 2 rings (SSSR count). The lowest BCUT2D eigenvalue weighted by atomic mass is 9.99. The fourth-order valence-corrected chi connectivity index (χ4v) is 1.95. The Labute approximate surface area is 107 Å². The van der Waals surface area contributed by atoms with Crippen LogP contribution in [0.2, 0.25) is 0 Å². The predicted octanol–water partition coefficient (Wildman–Crippen LogP) is 3.48. The summed E-state index contributed by atoms with van der Waals surface area (Å²) in [6, 6.07) is 3.85. The lowest BCUT2D eigenvalue weighted by molar-refractivity contribution is 0.245. The van der Waals surface area contributed by atoms with Gasteiger partial charge in [-0.25, -0.2) is 0 Å². The van der Waals surface area contributed by atoms with Crippen LogP contribution in [0.5, 0.6) is 5.75 Å². The van der Waals surface area contributed by atoms with Crippen molar-refractivity contribution in [1.29, 1.82) is 0 Å². The van der Waals surface area contributed by atoms with Gasteiger partial charge in [0.15, 0.2) is 0 Å². The van der Waals surface area contributed by atoms with Crippen molar-refractivity contribution in [1.82, 2.24) is 9.78 Å². The third-order valence-corrected chi connectivity index (χ3v) is 2.66. The first-order valence-electron chi connectivity index (χ1n) is 7.39. The van der Waals surface area contributed by atoms with Crippen molar-refractivity contribution in [3.8, 4) is 5.75 Å². The Kier molecular flexibility index (Phi) is 2.21. The van der Waals surface area contributed by atoms with E-state index < -0.39 is 6.98 Å². The van der Waals surface area contributed by atoms with Crippen LogP contribution in [0.15, 0.2) is 18.3 Å². The van der Waals surface area contributed by atoms with Crippen LogP contribution in [0.25, 0.3) is 10.9 Å². The van der Waals surface area contributed by atoms with E-state index in [0.717, 1.165) is 15.6 Å². The molecule has 0 aliphatic carbocycles. The molecular formula is C14H20N2O. The topological polar surface area (TPSA) is 27.1 Å². The van der Waals surface area contributed by atoms with Gasteiger partial charge in [-0.1, -0.05) is 19.9 Å². The zero-order valence-corrected chi connectivity index (χ0v) is 10.7. The molecule has 0 saturated heterocycles. The normalized spacial score (nSPS) is 15.1. The van der Waals surface area contributed by atoms with E-state index in [4.69, 9.17) is 8.85 Å². The number of aromatic nitrogens is 2. The highest BCUT2D eigenvalue weighted by atomic mass is 16.5. The van der Waals surface area contributed by atoms with Crippen LogP contribution in [0.3, 0.4) is 0 Å². The highest BCUT2D eigenvalue weighted by Crippen LogP contribution is 2.31. The summed E-state index contributed by atoms with van der Waals surface area (Å²) in [6.07, 6.45) is 1.60. The molecule has 1 heterocycles. The van der Waals surface area contributed by atoms with Crippen LogP contribution in [0.1, 0.15) is 43.3 Å². The Morgan fingerprint density at radius 1 is 1.29 bits per heavy atom. The molecule has 3 nitrogen and oxygen atoms in total. The summed E-state index contributed by atoms with van der Waals surface area (Å²) < 4.78 is 29.2. The lowest BCUT2D eigenvalue weighted by Gasteiger charge is -2.12. The first-order chi connectivity index (χ1) is 9.20. The fraction of sp³-hybridized carbons (Fsp3) is 0.500. The second-order valence-corrected chi connectivity index (χ2v) is 4.81. The van der Waals surface area contributed by atoms with E-state index in [0.29, 0.717) is 17.2 Å². The van der Waals surface area contributed by atoms with Gasteiger partial charge >= 0.3 is 0 Å². The van der Waals surface area contributed by atoms with Gasteiger partial charge in [-0.05, 0) is 31.4 Å². The second kappa shape index (κ2) is 4.40. The molecule has 92 valence electrons. The summed E-state index contributed by atoms with van der Waals surface area (Å²) in [6.45, 7) is 5.74. The van der Waals surface area contributed by atoms with Gasteiger partial charge in [-0.2, -0.15) is 5.10 Å². The first kappa shape index (κ1) is 8.56. The van der Waals surface area contributed by atoms with Gasteiger partial charge in [0.1, 0.15) is 11.3 Å². The third-order valence-electron chi connectivity index (χ3n) is 2.66. The van der Waals surface area contributed by atoms with Gasteiger partial charge in [0.05, 0.1) is 6.10 Å². The molecule has 0 unspecified atom stereocenters. The lowest BCUT2D eigenvalue weighted by Crippen LogP contribution is -2.06. The van der Waals surface area contributed by atoms with Crippen molar-refractivity contribution in [3.05, 3.63) is 23.9 Å². The maximum absolute atomic E-state index is 7.49. The summed E-state index contributed by atoms with van der Waals surface area (Å²) in [4.78, 5) is 0. The molecule has 17 heavy (non-hydrogen) atoms. The minimum Gasteiger partial charge on any atom is -0.489 e. The highest BCUT2D eigenvalue weighted by Gasteiger charge is 2.13. The maximum atomic E-state index is 7.49. The van der Waals surface area contributed by atoms with Crippen LogP contribution >= 0.6 is 0 Å². The van der Waals surface area contributed by atoms with Crippen molar-refractivity contribution in [2.75, 3.05) is 0 Å². The SMILES string of the molecule is [2H]C([2H])([2H])n1cc2c(C(C)C)ccc(OC(C)C)c2n1. The Hall–Kier alpha value is -1.51. The molecule has 1 aromatic carbocycles. The Balaban J connectivity index is 2.67. The number of fused-ring (bicyclic) bond motifs is 1. The summed E-state index contributed by atoms with van der Waals surface area (Å²) in [5.74, 6) is 0.919. The second-order valence-electron chi connectivity index (χ2n) is 4.81. The molecule has 0 aliphatic rings. The molecule has 0 atom stereocenters. The van der Waals surface area contributed by atoms with E-state index in [2.05, 4.69) is 18.9 Å². The number of ether oxygens (including phenoxy) is 1. The van der Waals surface area contributed by atoms with Crippen molar-refractivity contribution in [3.63, 3.8) is 0 Å². The van der Waals surface area contributed by atoms with Crippen molar-refractivity contribution in [2.24, 2.45) is 6.98 Å². The molecule has 0 radical (unpaired) electrons. The first-order valence-corrected chi connectivity index (χ1v) is 5.89. The van der Waals surface area contributed by atoms with Crippen molar-refractivity contribution < 1.29 is 8.85 Å². The zero-order valence-electron chi connectivity index (χ0n) is 13.7. The van der Waals surface area contributed by atoms with E-state index in [-0.39, 0.29) is 6.10 Å². The van der Waals surface area contributed by atoms with Crippen LogP contribution in [0, 0.1) is 0 Å². The highest BCUT2D eigenvalue weighted by molar-refractivity contribution is 5.87. The Bertz CT molecular complexity index is 615. The van der Waals surface area contributed by atoms with Gasteiger partial charge in [0.25, 0.3) is 0 Å². The molecule has 1 aromatic heterocycles. The van der Waals surface area contributed by atoms with Gasteiger partial charge < -0.3 is 4.74 Å². The molecule has 0 aliphatic heterocycles. The quantitative estimate of drug-likeness (QED) is 0.814. The van der Waals surface area contributed by atoms with Crippen LogP contribution in [-0.2, 0) is 6.98 Å². The zero-order chi connectivity index (χ0) is 15.1. The molecular weight excluding hydrogens is 212 g/mol. The standard InChI is InChI=1S/C14H20N2O/c1-9(2)11-6-7-13(17-10(3)4)14-12(11)8-16(5)15-14/h6-10H,1-5H3/i5D3. The third kappa shape index (κ3) is 2.28. The van der Waals surface area contributed by atoms with Gasteiger partial charge in [0, 0.05) is 22.7 Å². The number of rotatable bonds is 3. The number of hydrogen-bond acceptors (Lipinski definition) is 2. The molecule has 0 amide bonds. The van der Waals surface area contributed by atoms with Gasteiger partial charge in [-0.15, -0.1) is 0 Å².